The van der Waals surface area contributed by atoms with Crippen LogP contribution >= 0.6 is 35.7 Å². The van der Waals surface area contributed by atoms with E-state index in [1.54, 1.807) is 12.3 Å². The smallest absolute Gasteiger partial charge is 0.334 e. The van der Waals surface area contributed by atoms with Crippen molar-refractivity contribution in [1.82, 2.24) is 0 Å². The van der Waals surface area contributed by atoms with Crippen LogP contribution in [-0.2, 0) is 4.79 Å². The average molecular weight is 221 g/mol. The maximum absolute atomic E-state index is 10.6. The Labute approximate surface area is 84.5 Å². The molecule has 12 heavy (non-hydrogen) atoms. The molecule has 0 spiro atoms. The standard InChI is InChI=1S/C6H7NO2S3/c1-6(3-7,4(8)9)12-5(10)11-2/h1-2H3,(H,8,9). The summed E-state index contributed by atoms with van der Waals surface area (Å²) in [6, 6.07) is 1.71. The molecule has 0 amide bonds. The van der Waals surface area contributed by atoms with Gasteiger partial charge in [0.05, 0.1) is 6.07 Å². The summed E-state index contributed by atoms with van der Waals surface area (Å²) in [6.07, 6.45) is 1.75. The van der Waals surface area contributed by atoms with E-state index >= 15 is 0 Å². The zero-order chi connectivity index (χ0) is 9.78. The first-order valence-corrected chi connectivity index (χ1v) is 5.33. The highest BCUT2D eigenvalue weighted by molar-refractivity contribution is 8.47. The maximum Gasteiger partial charge on any atom is 0.334 e. The number of carboxylic acid groups (broad SMARTS) is 1. The molecule has 0 aliphatic carbocycles. The van der Waals surface area contributed by atoms with Gasteiger partial charge in [-0.15, -0.1) is 11.8 Å². The fourth-order valence-corrected chi connectivity index (χ4v) is 2.12. The first-order chi connectivity index (χ1) is 5.46. The molecule has 66 valence electrons. The topological polar surface area (TPSA) is 61.1 Å². The summed E-state index contributed by atoms with van der Waals surface area (Å²) in [7, 11) is 0. The molecule has 1 unspecified atom stereocenters. The van der Waals surface area contributed by atoms with Gasteiger partial charge in [-0.1, -0.05) is 24.0 Å². The molecule has 1 N–H and O–H groups in total. The van der Waals surface area contributed by atoms with E-state index < -0.39 is 10.7 Å². The van der Waals surface area contributed by atoms with Gasteiger partial charge in [-0.3, -0.25) is 0 Å². The third-order valence-corrected chi connectivity index (χ3v) is 3.75. The molecule has 0 aliphatic rings. The Morgan fingerprint density at radius 3 is 2.50 bits per heavy atom. The van der Waals surface area contributed by atoms with Crippen molar-refractivity contribution in [2.75, 3.05) is 6.26 Å². The minimum atomic E-state index is -1.46. The van der Waals surface area contributed by atoms with Crippen molar-refractivity contribution in [3.05, 3.63) is 0 Å². The SMILES string of the molecule is CSC(=S)SC(C)(C#N)C(=O)O. The molecule has 0 saturated carbocycles. The predicted molar refractivity (Wildman–Crippen MR) is 55.4 cm³/mol. The number of thioether (sulfide) groups is 2. The molecule has 0 aromatic heterocycles. The third kappa shape index (κ3) is 3.01. The largest absolute Gasteiger partial charge is 0.479 e. The first-order valence-electron chi connectivity index (χ1n) is 2.88. The molecule has 0 fully saturated rings. The second kappa shape index (κ2) is 4.70. The van der Waals surface area contributed by atoms with Crippen LogP contribution in [0.25, 0.3) is 0 Å². The van der Waals surface area contributed by atoms with Crippen LogP contribution in [0.1, 0.15) is 6.92 Å². The molecule has 0 radical (unpaired) electrons. The van der Waals surface area contributed by atoms with E-state index in [0.29, 0.717) is 3.53 Å². The van der Waals surface area contributed by atoms with Gasteiger partial charge in [0.1, 0.15) is 3.53 Å². The van der Waals surface area contributed by atoms with Gasteiger partial charge < -0.3 is 5.11 Å². The number of carbonyl (C=O) groups is 1. The molecule has 0 rings (SSSR count). The van der Waals surface area contributed by atoms with Crippen LogP contribution in [0.4, 0.5) is 0 Å². The van der Waals surface area contributed by atoms with Crippen LogP contribution in [0.15, 0.2) is 0 Å². The Kier molecular flexibility index (Phi) is 4.60. The maximum atomic E-state index is 10.6. The predicted octanol–water partition coefficient (Wildman–Crippen LogP) is 1.73. The Morgan fingerprint density at radius 1 is 1.75 bits per heavy atom. The molecule has 0 aromatic carbocycles. The second-order valence-corrected chi connectivity index (χ2v) is 5.44. The summed E-state index contributed by atoms with van der Waals surface area (Å²) in [4.78, 5) is 10.6. The van der Waals surface area contributed by atoms with Crippen LogP contribution in [0.2, 0.25) is 0 Å². The lowest BCUT2D eigenvalue weighted by Crippen LogP contribution is -2.30. The lowest BCUT2D eigenvalue weighted by molar-refractivity contribution is -0.137. The van der Waals surface area contributed by atoms with E-state index in [1.807, 2.05) is 0 Å². The number of hydrogen-bond acceptors (Lipinski definition) is 5. The normalized spacial score (nSPS) is 14.4. The summed E-state index contributed by atoms with van der Waals surface area (Å²) in [5.41, 5.74) is 0. The van der Waals surface area contributed by atoms with Crippen molar-refractivity contribution >= 4 is 45.2 Å². The molecule has 0 saturated heterocycles. The number of rotatable bonds is 2. The Bertz CT molecular complexity index is 248. The van der Waals surface area contributed by atoms with Crippen molar-refractivity contribution in [1.29, 1.82) is 5.26 Å². The van der Waals surface area contributed by atoms with Crippen LogP contribution in [0, 0.1) is 11.3 Å². The lowest BCUT2D eigenvalue weighted by Gasteiger charge is -2.14. The lowest BCUT2D eigenvalue weighted by atomic mass is 10.2. The van der Waals surface area contributed by atoms with Gasteiger partial charge in [0.25, 0.3) is 0 Å². The van der Waals surface area contributed by atoms with Gasteiger partial charge in [-0.05, 0) is 13.2 Å². The fourth-order valence-electron chi connectivity index (χ4n) is 0.323. The highest BCUT2D eigenvalue weighted by Gasteiger charge is 2.35. The zero-order valence-corrected chi connectivity index (χ0v) is 8.98. The summed E-state index contributed by atoms with van der Waals surface area (Å²) in [6.45, 7) is 1.34. The van der Waals surface area contributed by atoms with Gasteiger partial charge in [-0.25, -0.2) is 4.79 Å². The molecule has 0 aromatic rings. The number of aliphatic carboxylic acids is 1. The monoisotopic (exact) mass is 221 g/mol. The van der Waals surface area contributed by atoms with Gasteiger partial charge in [-0.2, -0.15) is 5.26 Å². The van der Waals surface area contributed by atoms with Gasteiger partial charge in [0.15, 0.2) is 0 Å². The zero-order valence-electron chi connectivity index (χ0n) is 6.53. The highest BCUT2D eigenvalue weighted by Crippen LogP contribution is 2.29. The molecule has 1 atom stereocenters. The number of thiocarbonyl (C=S) groups is 1. The average Bonchev–Trinajstić information content (AvgIpc) is 2.03. The molecular formula is C6H7NO2S3. The summed E-state index contributed by atoms with van der Waals surface area (Å²) < 4.78 is -0.999. The van der Waals surface area contributed by atoms with E-state index in [4.69, 9.17) is 22.6 Å². The van der Waals surface area contributed by atoms with Gasteiger partial charge >= 0.3 is 5.97 Å². The molecule has 0 aliphatic heterocycles. The highest BCUT2D eigenvalue weighted by atomic mass is 32.2. The van der Waals surface area contributed by atoms with E-state index in [1.165, 1.54) is 18.7 Å². The second-order valence-electron chi connectivity index (χ2n) is 2.01. The van der Waals surface area contributed by atoms with Crippen molar-refractivity contribution in [2.24, 2.45) is 0 Å². The third-order valence-electron chi connectivity index (χ3n) is 1.08. The number of hydrogen-bond donors (Lipinski definition) is 1. The quantitative estimate of drug-likeness (QED) is 0.717. The minimum Gasteiger partial charge on any atom is -0.479 e. The van der Waals surface area contributed by atoms with Gasteiger partial charge in [0.2, 0.25) is 4.75 Å². The summed E-state index contributed by atoms with van der Waals surface area (Å²) in [5.74, 6) is -1.16. The van der Waals surface area contributed by atoms with Crippen LogP contribution in [-0.4, -0.2) is 25.6 Å². The molecule has 0 bridgehead atoms. The molecule has 3 nitrogen and oxygen atoms in total. The van der Waals surface area contributed by atoms with Crippen molar-refractivity contribution in [2.45, 2.75) is 11.7 Å². The van der Waals surface area contributed by atoms with E-state index in [0.717, 1.165) is 11.8 Å². The molecule has 6 heteroatoms. The fraction of sp³-hybridized carbons (Fsp3) is 0.500. The van der Waals surface area contributed by atoms with Crippen molar-refractivity contribution in [3.63, 3.8) is 0 Å². The Hall–Kier alpha value is -0.250. The van der Waals surface area contributed by atoms with Crippen molar-refractivity contribution < 1.29 is 9.90 Å². The van der Waals surface area contributed by atoms with E-state index in [2.05, 4.69) is 0 Å². The number of nitriles is 1. The summed E-state index contributed by atoms with van der Waals surface area (Å²) >= 11 is 6.95. The minimum absolute atomic E-state index is 0.460. The van der Waals surface area contributed by atoms with Gasteiger partial charge in [0, 0.05) is 0 Å². The van der Waals surface area contributed by atoms with Crippen LogP contribution in [0.5, 0.6) is 0 Å². The number of nitrogens with zero attached hydrogens (tertiary/aromatic N) is 1. The van der Waals surface area contributed by atoms with E-state index in [9.17, 15) is 4.79 Å². The molecular weight excluding hydrogens is 214 g/mol. The van der Waals surface area contributed by atoms with Crippen molar-refractivity contribution in [3.8, 4) is 6.07 Å². The van der Waals surface area contributed by atoms with Crippen LogP contribution in [0.3, 0.4) is 0 Å². The molecule has 0 heterocycles. The Balaban J connectivity index is 4.48. The summed E-state index contributed by atoms with van der Waals surface area (Å²) in [5, 5.41) is 17.2. The van der Waals surface area contributed by atoms with E-state index in [-0.39, 0.29) is 0 Å². The first kappa shape index (κ1) is 11.8. The van der Waals surface area contributed by atoms with Crippen LogP contribution < -0.4 is 0 Å². The number of carboxylic acids is 1. The Morgan fingerprint density at radius 2 is 2.25 bits per heavy atom.